The number of nitrogens with one attached hydrogen (secondary N) is 1. The summed E-state index contributed by atoms with van der Waals surface area (Å²) in [5, 5.41) is 69.8. The second-order valence-corrected chi connectivity index (χ2v) is 20.9. The van der Waals surface area contributed by atoms with Gasteiger partial charge in [0.2, 0.25) is 0 Å². The van der Waals surface area contributed by atoms with Gasteiger partial charge in [-0.1, -0.05) is 92.7 Å². The summed E-state index contributed by atoms with van der Waals surface area (Å²) in [5.41, 5.74) is -6.71. The van der Waals surface area contributed by atoms with Crippen molar-refractivity contribution < 1.29 is 97.3 Å². The molecule has 2 saturated heterocycles. The number of fused-ring (bicyclic) bond motifs is 5. The van der Waals surface area contributed by atoms with Crippen LogP contribution in [0.1, 0.15) is 81.9 Å². The van der Waals surface area contributed by atoms with Gasteiger partial charge < -0.3 is 73.9 Å². The van der Waals surface area contributed by atoms with E-state index >= 15 is 4.79 Å². The minimum absolute atomic E-state index is 0.0248. The van der Waals surface area contributed by atoms with Gasteiger partial charge in [0.1, 0.15) is 54.9 Å². The fourth-order valence-corrected chi connectivity index (χ4v) is 12.0. The van der Waals surface area contributed by atoms with Gasteiger partial charge in [-0.05, 0) is 48.3 Å². The van der Waals surface area contributed by atoms with Crippen LogP contribution in [0.3, 0.4) is 0 Å². The molecule has 2 heterocycles. The number of ketones is 1. The average molecular weight is 1060 g/mol. The third-order valence-corrected chi connectivity index (χ3v) is 16.0. The van der Waals surface area contributed by atoms with Gasteiger partial charge in [-0.25, -0.2) is 9.59 Å². The highest BCUT2D eigenvalue weighted by Crippen LogP contribution is 2.65. The molecule has 8 rings (SSSR count). The van der Waals surface area contributed by atoms with E-state index < -0.39 is 157 Å². The van der Waals surface area contributed by atoms with Gasteiger partial charge in [-0.15, -0.1) is 0 Å². The average Bonchev–Trinajstić information content (AvgIpc) is 3.55. The molecule has 1 unspecified atom stereocenters. The number of Topliss-reactive ketones (excluding diaryl/α,β-unsaturated/α-hetero) is 1. The number of amides is 1. The van der Waals surface area contributed by atoms with E-state index in [-0.39, 0.29) is 36.3 Å². The Morgan fingerprint density at radius 1 is 0.816 bits per heavy atom. The summed E-state index contributed by atoms with van der Waals surface area (Å²) in [4.78, 5) is 85.3. The van der Waals surface area contributed by atoms with Crippen LogP contribution in [0, 0.1) is 16.7 Å². The number of hydrogen-bond donors (Lipinski definition) is 7. The molecule has 0 radical (unpaired) electrons. The number of aliphatic hydroxyl groups excluding tert-OH is 5. The number of esters is 4. The Morgan fingerprint density at radius 2 is 1.45 bits per heavy atom. The van der Waals surface area contributed by atoms with Crippen LogP contribution in [0.25, 0.3) is 0 Å². The molecule has 2 aliphatic heterocycles. The first-order chi connectivity index (χ1) is 36.0. The molecular formula is C55H65NO20. The normalized spacial score (nSPS) is 34.3. The van der Waals surface area contributed by atoms with E-state index in [4.69, 9.17) is 37.9 Å². The summed E-state index contributed by atoms with van der Waals surface area (Å²) in [6, 6.07) is 23.7. The summed E-state index contributed by atoms with van der Waals surface area (Å²) >= 11 is 0. The van der Waals surface area contributed by atoms with Gasteiger partial charge in [0.05, 0.1) is 37.4 Å². The van der Waals surface area contributed by atoms with Gasteiger partial charge in [0, 0.05) is 43.6 Å². The lowest BCUT2D eigenvalue weighted by Gasteiger charge is -2.68. The number of carbonyl (C=O) groups excluding carboxylic acids is 6. The molecule has 5 aliphatic rings. The second kappa shape index (κ2) is 22.2. The van der Waals surface area contributed by atoms with Crippen molar-refractivity contribution in [3.05, 3.63) is 119 Å². The first-order valence-electron chi connectivity index (χ1n) is 25.0. The van der Waals surface area contributed by atoms with Crippen LogP contribution < -0.4 is 5.32 Å². The van der Waals surface area contributed by atoms with Gasteiger partial charge in [-0.2, -0.15) is 0 Å². The maximum absolute atomic E-state index is 16.3. The smallest absolute Gasteiger partial charge is 0.338 e. The lowest BCUT2D eigenvalue weighted by Crippen LogP contribution is -2.82. The number of hydrogen-bond acceptors (Lipinski definition) is 20. The van der Waals surface area contributed by atoms with Crippen LogP contribution in [0.4, 0.5) is 0 Å². The molecule has 410 valence electrons. The molecule has 21 heteroatoms. The Morgan fingerprint density at radius 3 is 2.04 bits per heavy atom. The summed E-state index contributed by atoms with van der Waals surface area (Å²) in [7, 11) is 0. The van der Waals surface area contributed by atoms with Gasteiger partial charge in [0.15, 0.2) is 29.9 Å². The summed E-state index contributed by atoms with van der Waals surface area (Å²) in [6.45, 7) is 5.96. The van der Waals surface area contributed by atoms with Crippen molar-refractivity contribution in [3.63, 3.8) is 0 Å². The molecule has 7 N–H and O–H groups in total. The standard InChI is InChI=1S/C55H65NO20/c1-28-34(73-50(67)42(62)40(32-18-12-8-13-19-32)56-49(66)33-20-14-9-15-21-33)23-55(68)48(69-25-31-16-10-7-11-17-31)46-53(6,47(65)45(72-29(2)58)39(28)52(55,4)5)36(22-37-54(46,27-71-37)76-30(3)59)75-38(60)26-70-51-44(64)43(63)41(61)35(24-57)74-51/h7-21,34-37,40-46,48,51,57,61-64,68H,22-27H2,1-6H3,(H,56,66)/t34-,35+,36-,37+,40-,41-,42+,43+,44+,45+,46-,48-,51?,53+,54-,55+/m0/s1. The van der Waals surface area contributed by atoms with Crippen LogP contribution in [-0.4, -0.2) is 165 Å². The predicted molar refractivity (Wildman–Crippen MR) is 261 cm³/mol. The maximum atomic E-state index is 16.3. The first-order valence-corrected chi connectivity index (χ1v) is 25.0. The molecule has 2 bridgehead atoms. The molecule has 0 spiro atoms. The molecule has 3 aromatic carbocycles. The highest BCUT2D eigenvalue weighted by molar-refractivity contribution is 5.96. The van der Waals surface area contributed by atoms with Crippen molar-refractivity contribution in [2.75, 3.05) is 19.8 Å². The minimum atomic E-state index is -2.34. The highest BCUT2D eigenvalue weighted by atomic mass is 16.7. The van der Waals surface area contributed by atoms with Gasteiger partial charge in [-0.3, -0.25) is 19.2 Å². The lowest BCUT2D eigenvalue weighted by atomic mass is 9.44. The minimum Gasteiger partial charge on any atom is -0.459 e. The number of benzene rings is 3. The van der Waals surface area contributed by atoms with E-state index in [1.807, 2.05) is 0 Å². The Labute approximate surface area is 438 Å². The Hall–Kier alpha value is -5.98. The third-order valence-electron chi connectivity index (χ3n) is 16.0. The fourth-order valence-electron chi connectivity index (χ4n) is 12.0. The van der Waals surface area contributed by atoms with Crippen LogP contribution >= 0.6 is 0 Å². The van der Waals surface area contributed by atoms with Crippen LogP contribution in [0.2, 0.25) is 0 Å². The first kappa shape index (κ1) is 56.2. The molecule has 16 atom stereocenters. The topological polar surface area (TPSA) is 310 Å². The maximum Gasteiger partial charge on any atom is 0.338 e. The number of carbonyl (C=O) groups is 6. The molecular weight excluding hydrogens is 995 g/mol. The van der Waals surface area contributed by atoms with Crippen molar-refractivity contribution in [1.82, 2.24) is 5.32 Å². The Bertz CT molecular complexity index is 2670. The van der Waals surface area contributed by atoms with Crippen molar-refractivity contribution in [2.45, 2.75) is 146 Å². The lowest BCUT2D eigenvalue weighted by molar-refractivity contribution is -0.352. The van der Waals surface area contributed by atoms with E-state index in [0.717, 1.165) is 13.8 Å². The molecule has 3 aromatic rings. The summed E-state index contributed by atoms with van der Waals surface area (Å²) < 4.78 is 48.6. The summed E-state index contributed by atoms with van der Waals surface area (Å²) in [6.07, 6.45) is -19.3. The van der Waals surface area contributed by atoms with Crippen LogP contribution in [0.5, 0.6) is 0 Å². The van der Waals surface area contributed by atoms with E-state index in [9.17, 15) is 54.6 Å². The zero-order valence-electron chi connectivity index (χ0n) is 42.8. The fraction of sp³-hybridized carbons (Fsp3) is 0.527. The molecule has 2 saturated carbocycles. The van der Waals surface area contributed by atoms with Crippen molar-refractivity contribution in [2.24, 2.45) is 16.7 Å². The Kier molecular flexibility index (Phi) is 16.4. The third kappa shape index (κ3) is 10.2. The van der Waals surface area contributed by atoms with E-state index in [2.05, 4.69) is 5.32 Å². The van der Waals surface area contributed by atoms with Gasteiger partial charge >= 0.3 is 23.9 Å². The van der Waals surface area contributed by atoms with E-state index in [1.54, 1.807) is 105 Å². The van der Waals surface area contributed by atoms with E-state index in [1.165, 1.54) is 13.8 Å². The molecule has 3 aliphatic carbocycles. The monoisotopic (exact) mass is 1060 g/mol. The molecule has 76 heavy (non-hydrogen) atoms. The number of rotatable bonds is 16. The second-order valence-electron chi connectivity index (χ2n) is 20.9. The van der Waals surface area contributed by atoms with Crippen molar-refractivity contribution in [3.8, 4) is 0 Å². The largest absolute Gasteiger partial charge is 0.459 e. The van der Waals surface area contributed by atoms with Crippen LogP contribution in [-0.2, 0) is 68.5 Å². The molecule has 4 fully saturated rings. The molecule has 21 nitrogen and oxygen atoms in total. The van der Waals surface area contributed by atoms with Gasteiger partial charge in [0.25, 0.3) is 5.91 Å². The molecule has 1 amide bonds. The predicted octanol–water partition coefficient (Wildman–Crippen LogP) is 1.46. The summed E-state index contributed by atoms with van der Waals surface area (Å²) in [5.74, 6) is -7.25. The zero-order chi connectivity index (χ0) is 55.1. The number of aliphatic hydroxyl groups is 6. The van der Waals surface area contributed by atoms with Crippen molar-refractivity contribution in [1.29, 1.82) is 0 Å². The van der Waals surface area contributed by atoms with E-state index in [0.29, 0.717) is 11.1 Å². The SMILES string of the molecule is CC(=O)O[C@H]1C(=O)[C@]2(C)[C@@H](OC(=O)COC3O[C@H](CO)[C@H](O)[C@@H](O)[C@H]3O)C[C@H]3OC[C@@]3(OC(C)=O)[C@H]2[C@H](OCc2ccccc2)[C@]2(O)C[C@H](OC(=O)[C@H](O)[C@@H](NC(=O)c3ccccc3)c3ccccc3)C(C)=C1C2(C)C. The van der Waals surface area contributed by atoms with Crippen molar-refractivity contribution >= 4 is 35.6 Å². The highest BCUT2D eigenvalue weighted by Gasteiger charge is 2.78. The number of ether oxygens (including phenoxy) is 8. The quantitative estimate of drug-likeness (QED) is 0.0607. The zero-order valence-corrected chi connectivity index (χ0v) is 42.8. The molecule has 0 aromatic heterocycles. The Balaban J connectivity index is 1.24. The van der Waals surface area contributed by atoms with Crippen LogP contribution in [0.15, 0.2) is 102 Å².